The maximum absolute atomic E-state index is 11.3. The van der Waals surface area contributed by atoms with Gasteiger partial charge in [0, 0.05) is 32.2 Å². The highest BCUT2D eigenvalue weighted by atomic mass is 16.6. The van der Waals surface area contributed by atoms with Crippen molar-refractivity contribution in [1.82, 2.24) is 4.90 Å². The Kier molecular flexibility index (Phi) is 4.74. The standard InChI is InChI=1S/C14H19N3O4/c1-11-3-4-12(17(19)20)13(9-11)16-7-5-15(6-8-16)10-14(18)21-2/h3-4,9H,5-8,10H2,1-2H3. The van der Waals surface area contributed by atoms with Crippen molar-refractivity contribution in [3.63, 3.8) is 0 Å². The third kappa shape index (κ3) is 3.69. The lowest BCUT2D eigenvalue weighted by molar-refractivity contribution is -0.384. The van der Waals surface area contributed by atoms with Crippen molar-refractivity contribution >= 4 is 17.3 Å². The summed E-state index contributed by atoms with van der Waals surface area (Å²) in [5.41, 5.74) is 1.77. The van der Waals surface area contributed by atoms with Crippen LogP contribution in [0.25, 0.3) is 0 Å². The summed E-state index contributed by atoms with van der Waals surface area (Å²) in [6.45, 7) is 4.85. The molecular weight excluding hydrogens is 274 g/mol. The minimum atomic E-state index is -0.352. The molecule has 0 spiro atoms. The first-order valence-corrected chi connectivity index (χ1v) is 6.80. The summed E-state index contributed by atoms with van der Waals surface area (Å²) in [4.78, 5) is 26.0. The van der Waals surface area contributed by atoms with Gasteiger partial charge in [0.05, 0.1) is 18.6 Å². The van der Waals surface area contributed by atoms with E-state index in [1.807, 2.05) is 22.8 Å². The number of benzene rings is 1. The second kappa shape index (κ2) is 6.53. The predicted octanol–water partition coefficient (Wildman–Crippen LogP) is 1.20. The third-order valence-electron chi connectivity index (χ3n) is 3.62. The molecule has 0 unspecified atom stereocenters. The summed E-state index contributed by atoms with van der Waals surface area (Å²) in [5.74, 6) is -0.259. The highest BCUT2D eigenvalue weighted by Crippen LogP contribution is 2.29. The lowest BCUT2D eigenvalue weighted by Gasteiger charge is -2.35. The number of carbonyl (C=O) groups is 1. The quantitative estimate of drug-likeness (QED) is 0.471. The molecule has 0 radical (unpaired) electrons. The summed E-state index contributed by atoms with van der Waals surface area (Å²) in [6, 6.07) is 5.13. The van der Waals surface area contributed by atoms with E-state index in [0.29, 0.717) is 31.9 Å². The van der Waals surface area contributed by atoms with Gasteiger partial charge in [-0.25, -0.2) is 0 Å². The topological polar surface area (TPSA) is 75.9 Å². The monoisotopic (exact) mass is 293 g/mol. The summed E-state index contributed by atoms with van der Waals surface area (Å²) in [7, 11) is 1.37. The molecule has 0 saturated carbocycles. The average Bonchev–Trinajstić information content (AvgIpc) is 2.47. The van der Waals surface area contributed by atoms with Crippen molar-refractivity contribution < 1.29 is 14.5 Å². The van der Waals surface area contributed by atoms with Gasteiger partial charge in [0.2, 0.25) is 0 Å². The summed E-state index contributed by atoms with van der Waals surface area (Å²) < 4.78 is 4.65. The van der Waals surface area contributed by atoms with E-state index in [4.69, 9.17) is 0 Å². The smallest absolute Gasteiger partial charge is 0.319 e. The van der Waals surface area contributed by atoms with E-state index in [-0.39, 0.29) is 23.1 Å². The Labute approximate surface area is 123 Å². The molecule has 0 aromatic heterocycles. The van der Waals surface area contributed by atoms with E-state index in [2.05, 4.69) is 4.74 Å². The number of nitrogens with zero attached hydrogens (tertiary/aromatic N) is 3. The molecule has 114 valence electrons. The van der Waals surface area contributed by atoms with Crippen molar-refractivity contribution in [3.8, 4) is 0 Å². The van der Waals surface area contributed by atoms with Crippen LogP contribution >= 0.6 is 0 Å². The lowest BCUT2D eigenvalue weighted by Crippen LogP contribution is -2.48. The van der Waals surface area contributed by atoms with Gasteiger partial charge in [0.1, 0.15) is 5.69 Å². The van der Waals surface area contributed by atoms with Crippen LogP contribution in [0.2, 0.25) is 0 Å². The molecule has 0 amide bonds. The van der Waals surface area contributed by atoms with Crippen LogP contribution in [0.5, 0.6) is 0 Å². The molecule has 2 rings (SSSR count). The van der Waals surface area contributed by atoms with E-state index in [1.54, 1.807) is 12.1 Å². The van der Waals surface area contributed by atoms with Crippen LogP contribution in [0.3, 0.4) is 0 Å². The van der Waals surface area contributed by atoms with Crippen LogP contribution in [0.4, 0.5) is 11.4 Å². The number of nitro benzene ring substituents is 1. The van der Waals surface area contributed by atoms with Crippen LogP contribution in [0.15, 0.2) is 18.2 Å². The van der Waals surface area contributed by atoms with Crippen LogP contribution < -0.4 is 4.90 Å². The third-order valence-corrected chi connectivity index (χ3v) is 3.62. The van der Waals surface area contributed by atoms with Crippen LogP contribution in [0, 0.1) is 17.0 Å². The van der Waals surface area contributed by atoms with Gasteiger partial charge in [0.25, 0.3) is 5.69 Å². The number of rotatable bonds is 4. The molecule has 0 aliphatic carbocycles. The summed E-state index contributed by atoms with van der Waals surface area (Å²) >= 11 is 0. The molecular formula is C14H19N3O4. The maximum Gasteiger partial charge on any atom is 0.319 e. The van der Waals surface area contributed by atoms with Crippen LogP contribution in [-0.4, -0.2) is 55.6 Å². The van der Waals surface area contributed by atoms with E-state index >= 15 is 0 Å². The molecule has 1 aromatic rings. The van der Waals surface area contributed by atoms with Gasteiger partial charge in [-0.2, -0.15) is 0 Å². The molecule has 21 heavy (non-hydrogen) atoms. The molecule has 1 aliphatic heterocycles. The number of ether oxygens (including phenoxy) is 1. The Morgan fingerprint density at radius 3 is 2.57 bits per heavy atom. The van der Waals surface area contributed by atoms with Gasteiger partial charge < -0.3 is 9.64 Å². The van der Waals surface area contributed by atoms with Gasteiger partial charge in [-0.15, -0.1) is 0 Å². The van der Waals surface area contributed by atoms with E-state index in [9.17, 15) is 14.9 Å². The first-order valence-electron chi connectivity index (χ1n) is 6.80. The zero-order valence-electron chi connectivity index (χ0n) is 12.2. The SMILES string of the molecule is COC(=O)CN1CCN(c2cc(C)ccc2[N+](=O)[O-])CC1. The lowest BCUT2D eigenvalue weighted by atomic mass is 10.1. The van der Waals surface area contributed by atoms with E-state index in [1.165, 1.54) is 7.11 Å². The number of esters is 1. The Hall–Kier alpha value is -2.15. The first kappa shape index (κ1) is 15.2. The Bertz CT molecular complexity index is 539. The Balaban J connectivity index is 2.07. The minimum Gasteiger partial charge on any atom is -0.468 e. The zero-order chi connectivity index (χ0) is 15.4. The van der Waals surface area contributed by atoms with Gasteiger partial charge >= 0.3 is 5.97 Å². The second-order valence-corrected chi connectivity index (χ2v) is 5.09. The van der Waals surface area contributed by atoms with Crippen molar-refractivity contribution in [3.05, 3.63) is 33.9 Å². The number of piperazine rings is 1. The number of anilines is 1. The molecule has 0 N–H and O–H groups in total. The van der Waals surface area contributed by atoms with Gasteiger partial charge in [-0.1, -0.05) is 6.07 Å². The molecule has 1 aromatic carbocycles. The number of aryl methyl sites for hydroxylation is 1. The number of methoxy groups -OCH3 is 1. The molecule has 1 aliphatic rings. The fourth-order valence-electron chi connectivity index (χ4n) is 2.44. The maximum atomic E-state index is 11.3. The fourth-order valence-corrected chi connectivity index (χ4v) is 2.44. The van der Waals surface area contributed by atoms with Crippen molar-refractivity contribution in [2.45, 2.75) is 6.92 Å². The fraction of sp³-hybridized carbons (Fsp3) is 0.500. The predicted molar refractivity (Wildman–Crippen MR) is 78.5 cm³/mol. The van der Waals surface area contributed by atoms with Crippen molar-refractivity contribution in [1.29, 1.82) is 0 Å². The Morgan fingerprint density at radius 2 is 2.00 bits per heavy atom. The number of nitro groups is 1. The van der Waals surface area contributed by atoms with Crippen molar-refractivity contribution in [2.24, 2.45) is 0 Å². The highest BCUT2D eigenvalue weighted by Gasteiger charge is 2.24. The first-order chi connectivity index (χ1) is 10.0. The normalized spacial score (nSPS) is 15.8. The van der Waals surface area contributed by atoms with Gasteiger partial charge in [0.15, 0.2) is 0 Å². The van der Waals surface area contributed by atoms with Crippen LogP contribution in [-0.2, 0) is 9.53 Å². The highest BCUT2D eigenvalue weighted by molar-refractivity contribution is 5.71. The van der Waals surface area contributed by atoms with Crippen molar-refractivity contribution in [2.75, 3.05) is 44.7 Å². The molecule has 0 atom stereocenters. The van der Waals surface area contributed by atoms with E-state index < -0.39 is 0 Å². The zero-order valence-corrected chi connectivity index (χ0v) is 12.2. The summed E-state index contributed by atoms with van der Waals surface area (Å²) in [6.07, 6.45) is 0. The number of hydrogen-bond donors (Lipinski definition) is 0. The Morgan fingerprint density at radius 1 is 1.33 bits per heavy atom. The van der Waals surface area contributed by atoms with Gasteiger partial charge in [-0.3, -0.25) is 19.8 Å². The molecule has 0 bridgehead atoms. The van der Waals surface area contributed by atoms with Crippen LogP contribution in [0.1, 0.15) is 5.56 Å². The van der Waals surface area contributed by atoms with E-state index in [0.717, 1.165) is 5.56 Å². The number of hydrogen-bond acceptors (Lipinski definition) is 6. The average molecular weight is 293 g/mol. The molecule has 1 saturated heterocycles. The molecule has 7 heteroatoms. The number of carbonyl (C=O) groups excluding carboxylic acids is 1. The second-order valence-electron chi connectivity index (χ2n) is 5.09. The minimum absolute atomic E-state index is 0.127. The summed E-state index contributed by atoms with van der Waals surface area (Å²) in [5, 5.41) is 11.1. The molecule has 7 nitrogen and oxygen atoms in total. The molecule has 1 fully saturated rings. The molecule has 1 heterocycles. The van der Waals surface area contributed by atoms with Gasteiger partial charge in [-0.05, 0) is 18.6 Å². The largest absolute Gasteiger partial charge is 0.468 e.